The van der Waals surface area contributed by atoms with E-state index in [9.17, 15) is 24.0 Å². The van der Waals surface area contributed by atoms with E-state index in [0.717, 1.165) is 24.8 Å². The summed E-state index contributed by atoms with van der Waals surface area (Å²) in [4.78, 5) is 66.4. The minimum Gasteiger partial charge on any atom is -0.445 e. The Balaban J connectivity index is 2.63. The van der Waals surface area contributed by atoms with Gasteiger partial charge in [0.25, 0.3) is 0 Å². The van der Waals surface area contributed by atoms with Gasteiger partial charge in [0.2, 0.25) is 11.9 Å². The van der Waals surface area contributed by atoms with Gasteiger partial charge in [-0.25, -0.2) is 19.2 Å². The van der Waals surface area contributed by atoms with E-state index in [1.54, 1.807) is 62.3 Å². The van der Waals surface area contributed by atoms with Gasteiger partial charge in [-0.15, -0.1) is 0 Å². The van der Waals surface area contributed by atoms with Gasteiger partial charge in [-0.3, -0.25) is 20.4 Å². The highest BCUT2D eigenvalue weighted by Gasteiger charge is 2.25. The Morgan fingerprint density at radius 1 is 0.640 bits per heavy atom. The zero-order chi connectivity index (χ0) is 37.8. The molecule has 5 amide bonds. The lowest BCUT2D eigenvalue weighted by Gasteiger charge is -2.23. The number of rotatable bonds is 15. The van der Waals surface area contributed by atoms with Gasteiger partial charge in [0.05, 0.1) is 0 Å². The molecular formula is C35H58N6O9. The van der Waals surface area contributed by atoms with Gasteiger partial charge in [0.15, 0.2) is 0 Å². The lowest BCUT2D eigenvalue weighted by atomic mass is 10.1. The number of amides is 5. The summed E-state index contributed by atoms with van der Waals surface area (Å²) in [5.74, 6) is -0.574. The van der Waals surface area contributed by atoms with Crippen molar-refractivity contribution in [2.45, 2.75) is 130 Å². The molecule has 1 rings (SSSR count). The molecule has 1 unspecified atom stereocenters. The fourth-order valence-electron chi connectivity index (χ4n) is 4.02. The van der Waals surface area contributed by atoms with Gasteiger partial charge in [0, 0.05) is 19.6 Å². The maximum Gasteiger partial charge on any atom is 0.414 e. The van der Waals surface area contributed by atoms with Crippen molar-refractivity contribution >= 4 is 36.2 Å². The lowest BCUT2D eigenvalue weighted by molar-refractivity contribution is -0.123. The number of nitrogens with one attached hydrogen (secondary N) is 5. The normalized spacial score (nSPS) is 12.0. The standard InChI is InChI=1S/C35H58N6O9/c1-33(2,3)48-30(44)39-26(20-17-23-37-28(40-31(45)49-34(4,5)6)41-32(46)50-35(7,8)9)27(42)36-21-15-10-11-16-22-38-29(43)47-24-25-18-13-12-14-19-25/h12-14,18-19,26H,10-11,15-17,20-24H2,1-9H3,(H,36,42)(H,38,43)(H,39,44)(H2,37,40,41,45,46). The second-order valence-corrected chi connectivity index (χ2v) is 14.5. The Hall–Kier alpha value is -4.56. The maximum absolute atomic E-state index is 13.1. The molecule has 282 valence electrons. The van der Waals surface area contributed by atoms with Crippen LogP contribution in [0.1, 0.15) is 106 Å². The highest BCUT2D eigenvalue weighted by molar-refractivity contribution is 6.01. The Morgan fingerprint density at radius 3 is 1.66 bits per heavy atom. The molecule has 1 atom stereocenters. The summed E-state index contributed by atoms with van der Waals surface area (Å²) < 4.78 is 21.1. The SMILES string of the molecule is CC(C)(C)OC(=O)NC(=NCCCC(NC(=O)OC(C)(C)C)C(=O)NCCCCCCNC(=O)OCc1ccccc1)NC(=O)OC(C)(C)C. The van der Waals surface area contributed by atoms with Crippen molar-refractivity contribution < 1.29 is 42.9 Å². The average Bonchev–Trinajstić information content (AvgIpc) is 2.96. The molecule has 1 aromatic rings. The molecule has 5 N–H and O–H groups in total. The van der Waals surface area contributed by atoms with Crippen molar-refractivity contribution in [2.75, 3.05) is 19.6 Å². The molecule has 50 heavy (non-hydrogen) atoms. The van der Waals surface area contributed by atoms with E-state index in [1.165, 1.54) is 0 Å². The summed E-state index contributed by atoms with van der Waals surface area (Å²) >= 11 is 0. The average molecular weight is 707 g/mol. The number of nitrogens with zero attached hydrogens (tertiary/aromatic N) is 1. The third-order valence-electron chi connectivity index (χ3n) is 6.05. The Kier molecular flexibility index (Phi) is 18.7. The van der Waals surface area contributed by atoms with Crippen molar-refractivity contribution in [1.29, 1.82) is 0 Å². The number of benzene rings is 1. The van der Waals surface area contributed by atoms with Crippen LogP contribution in [-0.2, 0) is 30.3 Å². The second-order valence-electron chi connectivity index (χ2n) is 14.5. The van der Waals surface area contributed by atoms with Crippen LogP contribution in [0, 0.1) is 0 Å². The van der Waals surface area contributed by atoms with Crippen LogP contribution in [0.15, 0.2) is 35.3 Å². The zero-order valence-electron chi connectivity index (χ0n) is 31.2. The van der Waals surface area contributed by atoms with Gasteiger partial charge in [-0.05, 0) is 93.6 Å². The molecule has 0 spiro atoms. The molecule has 15 heteroatoms. The number of ether oxygens (including phenoxy) is 4. The summed E-state index contributed by atoms with van der Waals surface area (Å²) in [7, 11) is 0. The first-order valence-corrected chi connectivity index (χ1v) is 17.0. The molecule has 0 fully saturated rings. The number of hydrogen-bond acceptors (Lipinski definition) is 10. The van der Waals surface area contributed by atoms with E-state index in [2.05, 4.69) is 31.6 Å². The molecule has 0 saturated heterocycles. The number of alkyl carbamates (subject to hydrolysis) is 4. The Bertz CT molecular complexity index is 1220. The van der Waals surface area contributed by atoms with E-state index in [1.807, 2.05) is 30.3 Å². The smallest absolute Gasteiger partial charge is 0.414 e. The number of hydrogen-bond donors (Lipinski definition) is 5. The topological polar surface area (TPSA) is 195 Å². The quantitative estimate of drug-likeness (QED) is 0.0661. The van der Waals surface area contributed by atoms with Gasteiger partial charge in [-0.1, -0.05) is 43.2 Å². The van der Waals surface area contributed by atoms with Crippen molar-refractivity contribution in [1.82, 2.24) is 26.6 Å². The Morgan fingerprint density at radius 2 is 1.14 bits per heavy atom. The van der Waals surface area contributed by atoms with Crippen LogP contribution in [-0.4, -0.2) is 78.7 Å². The summed E-state index contributed by atoms with van der Waals surface area (Å²) in [6.07, 6.45) is 0.732. The van der Waals surface area contributed by atoms with Crippen LogP contribution in [0.25, 0.3) is 0 Å². The van der Waals surface area contributed by atoms with E-state index in [-0.39, 0.29) is 31.4 Å². The number of guanidine groups is 1. The molecule has 0 saturated carbocycles. The first-order chi connectivity index (χ1) is 23.2. The van der Waals surface area contributed by atoms with E-state index in [4.69, 9.17) is 18.9 Å². The van der Waals surface area contributed by atoms with Crippen LogP contribution in [0.4, 0.5) is 19.2 Å². The zero-order valence-corrected chi connectivity index (χ0v) is 31.2. The molecular weight excluding hydrogens is 648 g/mol. The molecule has 0 radical (unpaired) electrons. The number of unbranched alkanes of at least 4 members (excludes halogenated alkanes) is 3. The van der Waals surface area contributed by atoms with Crippen LogP contribution in [0.2, 0.25) is 0 Å². The molecule has 0 aliphatic heterocycles. The molecule has 0 aromatic heterocycles. The van der Waals surface area contributed by atoms with Crippen LogP contribution in [0.3, 0.4) is 0 Å². The van der Waals surface area contributed by atoms with Crippen molar-refractivity contribution in [2.24, 2.45) is 4.99 Å². The molecule has 15 nitrogen and oxygen atoms in total. The van der Waals surface area contributed by atoms with Crippen molar-refractivity contribution in [3.05, 3.63) is 35.9 Å². The maximum atomic E-state index is 13.1. The predicted molar refractivity (Wildman–Crippen MR) is 190 cm³/mol. The fraction of sp³-hybridized carbons (Fsp3) is 0.657. The number of carbonyl (C=O) groups is 5. The summed E-state index contributed by atoms with van der Waals surface area (Å²) in [6, 6.07) is 8.50. The highest BCUT2D eigenvalue weighted by atomic mass is 16.6. The predicted octanol–water partition coefficient (Wildman–Crippen LogP) is 5.67. The monoisotopic (exact) mass is 706 g/mol. The fourth-order valence-corrected chi connectivity index (χ4v) is 4.02. The van der Waals surface area contributed by atoms with E-state index < -0.39 is 47.2 Å². The highest BCUT2D eigenvalue weighted by Crippen LogP contribution is 2.10. The first-order valence-electron chi connectivity index (χ1n) is 17.0. The summed E-state index contributed by atoms with van der Waals surface area (Å²) in [5.41, 5.74) is -1.43. The molecule has 0 bridgehead atoms. The minimum absolute atomic E-state index is 0.0779. The third kappa shape index (κ3) is 23.7. The lowest BCUT2D eigenvalue weighted by Crippen LogP contribution is -2.48. The molecule has 0 aliphatic rings. The molecule has 0 heterocycles. The largest absolute Gasteiger partial charge is 0.445 e. The number of aliphatic imine (C=N–C) groups is 1. The van der Waals surface area contributed by atoms with Crippen molar-refractivity contribution in [3.8, 4) is 0 Å². The molecule has 0 aliphatic carbocycles. The third-order valence-corrected chi connectivity index (χ3v) is 6.05. The minimum atomic E-state index is -0.924. The number of carbonyl (C=O) groups excluding carboxylic acids is 5. The second kappa shape index (κ2) is 21.5. The van der Waals surface area contributed by atoms with E-state index >= 15 is 0 Å². The van der Waals surface area contributed by atoms with Crippen LogP contribution < -0.4 is 26.6 Å². The Labute approximate surface area is 296 Å². The molecule has 1 aromatic carbocycles. The van der Waals surface area contributed by atoms with Gasteiger partial charge in [-0.2, -0.15) is 0 Å². The van der Waals surface area contributed by atoms with Crippen LogP contribution in [0.5, 0.6) is 0 Å². The summed E-state index contributed by atoms with van der Waals surface area (Å²) in [6.45, 7) is 16.5. The first kappa shape index (κ1) is 43.5. The van der Waals surface area contributed by atoms with Crippen molar-refractivity contribution in [3.63, 3.8) is 0 Å². The van der Waals surface area contributed by atoms with Crippen LogP contribution >= 0.6 is 0 Å². The van der Waals surface area contributed by atoms with Gasteiger partial charge >= 0.3 is 24.4 Å². The van der Waals surface area contributed by atoms with E-state index in [0.29, 0.717) is 25.9 Å². The van der Waals surface area contributed by atoms with Gasteiger partial charge in [0.1, 0.15) is 29.5 Å². The van der Waals surface area contributed by atoms with Gasteiger partial charge < -0.3 is 34.9 Å². The summed E-state index contributed by atoms with van der Waals surface area (Å²) in [5, 5.41) is 13.0.